The Hall–Kier alpha value is -4.50. The number of nitrogens with zero attached hydrogens (tertiary/aromatic N) is 4. The van der Waals surface area contributed by atoms with Crippen LogP contribution in [0.25, 0.3) is 5.78 Å². The molecule has 0 bridgehead atoms. The molecule has 5 rings (SSSR count). The van der Waals surface area contributed by atoms with Crippen LogP contribution in [0.5, 0.6) is 23.1 Å². The first-order valence-corrected chi connectivity index (χ1v) is 11.0. The third kappa shape index (κ3) is 4.56. The lowest BCUT2D eigenvalue weighted by atomic mass is 10.2. The van der Waals surface area contributed by atoms with Gasteiger partial charge in [0.05, 0.1) is 0 Å². The quantitative estimate of drug-likeness (QED) is 0.262. The Bertz CT molecular complexity index is 1560. The topological polar surface area (TPSA) is 69.0 Å². The predicted octanol–water partition coefficient (Wildman–Crippen LogP) is 6.52. The van der Waals surface area contributed by atoms with Crippen molar-refractivity contribution in [1.82, 2.24) is 14.4 Å². The molecule has 2 aromatic heterocycles. The molecule has 1 amide bonds. The van der Waals surface area contributed by atoms with Gasteiger partial charge in [-0.25, -0.2) is 9.37 Å². The van der Waals surface area contributed by atoms with Crippen LogP contribution in [-0.2, 0) is 0 Å². The Kier molecular flexibility index (Phi) is 6.22. The molecule has 0 N–H and O–H groups in total. The minimum Gasteiger partial charge on any atom is -0.454 e. The number of aromatic nitrogens is 3. The van der Waals surface area contributed by atoms with Gasteiger partial charge in [-0.2, -0.15) is 9.37 Å². The van der Waals surface area contributed by atoms with E-state index in [1.54, 1.807) is 43.6 Å². The maximum Gasteiger partial charge on any atom is 0.280 e. The predicted molar refractivity (Wildman–Crippen MR) is 130 cm³/mol. The van der Waals surface area contributed by atoms with Crippen LogP contribution in [0.15, 0.2) is 85.2 Å². The molecule has 3 aromatic carbocycles. The first kappa shape index (κ1) is 23.3. The second kappa shape index (κ2) is 9.63. The SMILES string of the molecule is CN(C(=O)c1c(Oc2cccc(Oc3ccc(F)cc3)c2F)nc2ncccn12)c1ccc(Cl)cc1. The number of carbonyl (C=O) groups is 1. The van der Waals surface area contributed by atoms with Crippen LogP contribution in [0, 0.1) is 11.6 Å². The summed E-state index contributed by atoms with van der Waals surface area (Å²) in [6.45, 7) is 0. The molecule has 180 valence electrons. The van der Waals surface area contributed by atoms with Crippen molar-refractivity contribution in [3.8, 4) is 23.1 Å². The summed E-state index contributed by atoms with van der Waals surface area (Å²) in [6, 6.07) is 17.8. The Balaban J connectivity index is 1.51. The number of hydrogen-bond donors (Lipinski definition) is 0. The first-order chi connectivity index (χ1) is 17.4. The zero-order chi connectivity index (χ0) is 25.2. The van der Waals surface area contributed by atoms with E-state index in [0.717, 1.165) is 0 Å². The van der Waals surface area contributed by atoms with Crippen LogP contribution in [-0.4, -0.2) is 27.3 Å². The molecule has 7 nitrogen and oxygen atoms in total. The van der Waals surface area contributed by atoms with E-state index in [1.165, 1.54) is 58.0 Å². The number of imidazole rings is 1. The summed E-state index contributed by atoms with van der Waals surface area (Å²) < 4.78 is 41.3. The second-order valence-electron chi connectivity index (χ2n) is 7.62. The Labute approximate surface area is 209 Å². The number of ether oxygens (including phenoxy) is 2. The number of benzene rings is 3. The molecular weight excluding hydrogens is 490 g/mol. The molecule has 0 spiro atoms. The van der Waals surface area contributed by atoms with Crippen molar-refractivity contribution < 1.29 is 23.0 Å². The number of carbonyl (C=O) groups excluding carboxylic acids is 1. The van der Waals surface area contributed by atoms with Gasteiger partial charge < -0.3 is 14.4 Å². The second-order valence-corrected chi connectivity index (χ2v) is 8.06. The van der Waals surface area contributed by atoms with Gasteiger partial charge >= 0.3 is 0 Å². The minimum atomic E-state index is -0.823. The van der Waals surface area contributed by atoms with Gasteiger partial charge in [-0.3, -0.25) is 9.20 Å². The Morgan fingerprint density at radius 3 is 2.36 bits per heavy atom. The summed E-state index contributed by atoms with van der Waals surface area (Å²) in [7, 11) is 1.59. The van der Waals surface area contributed by atoms with Gasteiger partial charge in [0.15, 0.2) is 17.2 Å². The molecule has 10 heteroatoms. The van der Waals surface area contributed by atoms with Gasteiger partial charge in [-0.1, -0.05) is 17.7 Å². The molecule has 2 heterocycles. The van der Waals surface area contributed by atoms with Gasteiger partial charge in [0.2, 0.25) is 11.6 Å². The molecule has 0 unspecified atom stereocenters. The highest BCUT2D eigenvalue weighted by Crippen LogP contribution is 2.34. The van der Waals surface area contributed by atoms with E-state index in [9.17, 15) is 9.18 Å². The molecule has 0 fully saturated rings. The summed E-state index contributed by atoms with van der Waals surface area (Å²) in [6.07, 6.45) is 3.12. The van der Waals surface area contributed by atoms with Crippen LogP contribution in [0.1, 0.15) is 10.5 Å². The average Bonchev–Trinajstić information content (AvgIpc) is 3.25. The molecule has 0 saturated carbocycles. The summed E-state index contributed by atoms with van der Waals surface area (Å²) in [5, 5.41) is 0.529. The van der Waals surface area contributed by atoms with Gasteiger partial charge in [0.25, 0.3) is 11.8 Å². The van der Waals surface area contributed by atoms with Crippen molar-refractivity contribution in [2.75, 3.05) is 11.9 Å². The fraction of sp³-hybridized carbons (Fsp3) is 0.0385. The van der Waals surface area contributed by atoms with Crippen molar-refractivity contribution in [3.63, 3.8) is 0 Å². The van der Waals surface area contributed by atoms with Gasteiger partial charge in [-0.15, -0.1) is 0 Å². The maximum absolute atomic E-state index is 15.3. The number of amides is 1. The minimum absolute atomic E-state index is 0.0415. The number of rotatable bonds is 6. The van der Waals surface area contributed by atoms with Crippen molar-refractivity contribution in [2.45, 2.75) is 0 Å². The van der Waals surface area contributed by atoms with Crippen molar-refractivity contribution in [2.24, 2.45) is 0 Å². The van der Waals surface area contributed by atoms with Gasteiger partial charge in [-0.05, 0) is 66.7 Å². The average molecular weight is 507 g/mol. The zero-order valence-electron chi connectivity index (χ0n) is 18.7. The maximum atomic E-state index is 15.3. The summed E-state index contributed by atoms with van der Waals surface area (Å²) in [4.78, 5) is 23.4. The zero-order valence-corrected chi connectivity index (χ0v) is 19.5. The van der Waals surface area contributed by atoms with Crippen molar-refractivity contribution in [3.05, 3.63) is 108 Å². The monoisotopic (exact) mass is 506 g/mol. The number of halogens is 3. The van der Waals surface area contributed by atoms with Crippen molar-refractivity contribution >= 4 is 29.0 Å². The molecule has 0 aliphatic rings. The Morgan fingerprint density at radius 2 is 1.64 bits per heavy atom. The largest absolute Gasteiger partial charge is 0.454 e. The fourth-order valence-electron chi connectivity index (χ4n) is 3.46. The van der Waals surface area contributed by atoms with E-state index in [1.807, 2.05) is 0 Å². The number of anilines is 1. The van der Waals surface area contributed by atoms with Crippen LogP contribution < -0.4 is 14.4 Å². The lowest BCUT2D eigenvalue weighted by molar-refractivity contribution is 0.0984. The molecule has 36 heavy (non-hydrogen) atoms. The highest BCUT2D eigenvalue weighted by Gasteiger charge is 2.27. The first-order valence-electron chi connectivity index (χ1n) is 10.7. The van der Waals surface area contributed by atoms with Crippen LogP contribution in [0.2, 0.25) is 5.02 Å². The molecule has 0 atom stereocenters. The van der Waals surface area contributed by atoms with Crippen LogP contribution in [0.3, 0.4) is 0 Å². The fourth-order valence-corrected chi connectivity index (χ4v) is 3.58. The molecule has 0 aliphatic heterocycles. The van der Waals surface area contributed by atoms with Crippen LogP contribution >= 0.6 is 11.6 Å². The third-order valence-electron chi connectivity index (χ3n) is 5.27. The van der Waals surface area contributed by atoms with E-state index < -0.39 is 17.5 Å². The Morgan fingerprint density at radius 1 is 0.944 bits per heavy atom. The van der Waals surface area contributed by atoms with Crippen molar-refractivity contribution in [1.29, 1.82) is 0 Å². The van der Waals surface area contributed by atoms with Crippen LogP contribution in [0.4, 0.5) is 14.5 Å². The lowest BCUT2D eigenvalue weighted by Gasteiger charge is -2.18. The molecule has 0 saturated heterocycles. The van der Waals surface area contributed by atoms with Gasteiger partial charge in [0, 0.05) is 30.2 Å². The normalized spacial score (nSPS) is 10.9. The third-order valence-corrected chi connectivity index (χ3v) is 5.52. The highest BCUT2D eigenvalue weighted by atomic mass is 35.5. The summed E-state index contributed by atoms with van der Waals surface area (Å²) in [5.74, 6) is -1.81. The highest BCUT2D eigenvalue weighted by molar-refractivity contribution is 6.30. The lowest BCUT2D eigenvalue weighted by Crippen LogP contribution is -2.27. The molecular formula is C26H17ClF2N4O3. The standard InChI is InChI=1S/C26H17ClF2N4O3/c1-32(18-10-6-16(27)7-11-18)25(34)23-24(31-26-30-14-3-15-33(23)26)36-21-5-2-4-20(22(21)29)35-19-12-8-17(28)9-13-19/h2-15H,1H3. The van der Waals surface area contributed by atoms with E-state index in [4.69, 9.17) is 21.1 Å². The molecule has 0 radical (unpaired) electrons. The summed E-state index contributed by atoms with van der Waals surface area (Å²) >= 11 is 5.97. The van der Waals surface area contributed by atoms with E-state index in [2.05, 4.69) is 9.97 Å². The number of hydrogen-bond acceptors (Lipinski definition) is 5. The van der Waals surface area contributed by atoms with E-state index >= 15 is 4.39 Å². The molecule has 5 aromatic rings. The smallest absolute Gasteiger partial charge is 0.280 e. The van der Waals surface area contributed by atoms with Gasteiger partial charge in [0.1, 0.15) is 11.6 Å². The number of fused-ring (bicyclic) bond motifs is 1. The van der Waals surface area contributed by atoms with E-state index in [0.29, 0.717) is 10.7 Å². The summed E-state index contributed by atoms with van der Waals surface area (Å²) in [5.41, 5.74) is 0.620. The molecule has 0 aliphatic carbocycles. The van der Waals surface area contributed by atoms with E-state index in [-0.39, 0.29) is 34.6 Å².